The first kappa shape index (κ1) is 17.5. The number of aromatic nitrogens is 1. The monoisotopic (exact) mass is 384 g/mol. The minimum atomic E-state index is -0.156. The first-order valence-electron chi connectivity index (χ1n) is 9.66. The molecule has 2 aromatic carbocycles. The minimum absolute atomic E-state index is 0.147. The lowest BCUT2D eigenvalue weighted by molar-refractivity contribution is 0.0684. The summed E-state index contributed by atoms with van der Waals surface area (Å²) in [5.41, 5.74) is 5.05. The second-order valence-corrected chi connectivity index (χ2v) is 7.32. The summed E-state index contributed by atoms with van der Waals surface area (Å²) in [5, 5.41) is 4.02. The molecule has 3 heterocycles. The van der Waals surface area contributed by atoms with Gasteiger partial charge in [0, 0.05) is 12.6 Å². The first-order valence-corrected chi connectivity index (χ1v) is 9.66. The Balaban J connectivity index is 1.54. The Morgan fingerprint density at radius 3 is 2.69 bits per heavy atom. The van der Waals surface area contributed by atoms with E-state index in [9.17, 15) is 4.79 Å². The Kier molecular flexibility index (Phi) is 4.28. The molecule has 5 heteroatoms. The highest BCUT2D eigenvalue weighted by Crippen LogP contribution is 2.36. The van der Waals surface area contributed by atoms with Gasteiger partial charge in [0.05, 0.1) is 12.3 Å². The number of rotatable bonds is 3. The molecule has 0 bridgehead atoms. The summed E-state index contributed by atoms with van der Waals surface area (Å²) in [6, 6.07) is 21.6. The van der Waals surface area contributed by atoms with Crippen molar-refractivity contribution < 1.29 is 13.7 Å². The van der Waals surface area contributed by atoms with E-state index in [0.29, 0.717) is 18.1 Å². The minimum Gasteiger partial charge on any atom is -0.461 e. The van der Waals surface area contributed by atoms with Crippen LogP contribution >= 0.6 is 0 Å². The van der Waals surface area contributed by atoms with Crippen LogP contribution in [0.1, 0.15) is 38.8 Å². The maximum absolute atomic E-state index is 13.4. The summed E-state index contributed by atoms with van der Waals surface area (Å²) < 4.78 is 10.7. The number of amides is 1. The molecule has 0 spiro atoms. The van der Waals surface area contributed by atoms with Gasteiger partial charge in [0.25, 0.3) is 5.91 Å². The van der Waals surface area contributed by atoms with Crippen LogP contribution < -0.4 is 0 Å². The maximum atomic E-state index is 13.4. The third-order valence-corrected chi connectivity index (χ3v) is 5.40. The summed E-state index contributed by atoms with van der Waals surface area (Å²) in [6.07, 6.45) is 2.38. The molecule has 29 heavy (non-hydrogen) atoms. The summed E-state index contributed by atoms with van der Waals surface area (Å²) in [4.78, 5) is 15.3. The van der Waals surface area contributed by atoms with E-state index >= 15 is 0 Å². The average molecular weight is 384 g/mol. The largest absolute Gasteiger partial charge is 0.461 e. The van der Waals surface area contributed by atoms with Crippen LogP contribution in [-0.2, 0) is 6.42 Å². The Hall–Kier alpha value is -3.60. The fourth-order valence-electron chi connectivity index (χ4n) is 4.03. The van der Waals surface area contributed by atoms with Crippen LogP contribution in [0.15, 0.2) is 81.9 Å². The zero-order chi connectivity index (χ0) is 19.8. The van der Waals surface area contributed by atoms with E-state index < -0.39 is 0 Å². The normalized spacial score (nSPS) is 15.9. The van der Waals surface area contributed by atoms with Crippen molar-refractivity contribution in [2.24, 2.45) is 0 Å². The van der Waals surface area contributed by atoms with E-state index in [1.165, 1.54) is 11.1 Å². The van der Waals surface area contributed by atoms with Crippen LogP contribution in [0.4, 0.5) is 0 Å². The highest BCUT2D eigenvalue weighted by atomic mass is 16.5. The van der Waals surface area contributed by atoms with Gasteiger partial charge in [-0.1, -0.05) is 59.3 Å². The number of nitrogens with zero attached hydrogens (tertiary/aromatic N) is 2. The Morgan fingerprint density at radius 2 is 1.90 bits per heavy atom. The van der Waals surface area contributed by atoms with Crippen molar-refractivity contribution in [3.05, 3.63) is 101 Å². The molecule has 4 aromatic rings. The number of carbonyl (C=O) groups excluding carboxylic acids is 1. The van der Waals surface area contributed by atoms with Gasteiger partial charge in [-0.2, -0.15) is 0 Å². The van der Waals surface area contributed by atoms with Crippen LogP contribution in [0, 0.1) is 6.92 Å². The third kappa shape index (κ3) is 3.14. The summed E-state index contributed by atoms with van der Waals surface area (Å²) in [7, 11) is 0. The fraction of sp³-hybridized carbons (Fsp3) is 0.167. The fourth-order valence-corrected chi connectivity index (χ4v) is 4.03. The molecule has 1 amide bonds. The smallest absolute Gasteiger partial charge is 0.276 e. The molecule has 5 rings (SSSR count). The molecule has 1 aliphatic heterocycles. The van der Waals surface area contributed by atoms with Crippen LogP contribution in [0.25, 0.3) is 11.5 Å². The number of hydrogen-bond acceptors (Lipinski definition) is 4. The quantitative estimate of drug-likeness (QED) is 0.497. The molecule has 0 radical (unpaired) electrons. The topological polar surface area (TPSA) is 59.5 Å². The van der Waals surface area contributed by atoms with E-state index in [0.717, 1.165) is 17.5 Å². The van der Waals surface area contributed by atoms with Crippen LogP contribution in [0.3, 0.4) is 0 Å². The Labute approximate surface area is 168 Å². The Morgan fingerprint density at radius 1 is 1.03 bits per heavy atom. The molecule has 0 saturated heterocycles. The van der Waals surface area contributed by atoms with Gasteiger partial charge in [0.2, 0.25) is 5.76 Å². The molecule has 0 fully saturated rings. The predicted octanol–water partition coefficient (Wildman–Crippen LogP) is 5.03. The number of hydrogen-bond donors (Lipinski definition) is 0. The van der Waals surface area contributed by atoms with E-state index in [2.05, 4.69) is 42.4 Å². The van der Waals surface area contributed by atoms with E-state index in [1.807, 2.05) is 23.1 Å². The lowest BCUT2D eigenvalue weighted by Crippen LogP contribution is -2.40. The second-order valence-electron chi connectivity index (χ2n) is 7.32. The maximum Gasteiger partial charge on any atom is 0.276 e. The predicted molar refractivity (Wildman–Crippen MR) is 108 cm³/mol. The standard InChI is InChI=1S/C24H20N2O3/c1-16-9-10-19-18(14-16)11-12-26(23(19)17-6-3-2-4-7-17)24(27)20-15-22(29-25-20)21-8-5-13-28-21/h2-10,13-15,23H,11-12H2,1H3. The summed E-state index contributed by atoms with van der Waals surface area (Å²) in [6.45, 7) is 2.72. The van der Waals surface area contributed by atoms with Crippen LogP contribution in [0.5, 0.6) is 0 Å². The second kappa shape index (κ2) is 7.09. The number of carbonyl (C=O) groups is 1. The van der Waals surface area contributed by atoms with Crippen molar-refractivity contribution in [1.82, 2.24) is 10.1 Å². The zero-order valence-electron chi connectivity index (χ0n) is 16.0. The van der Waals surface area contributed by atoms with Gasteiger partial charge < -0.3 is 13.8 Å². The van der Waals surface area contributed by atoms with Gasteiger partial charge in [-0.05, 0) is 42.2 Å². The average Bonchev–Trinajstić information content (AvgIpc) is 3.45. The molecule has 1 unspecified atom stereocenters. The number of furan rings is 1. The molecule has 144 valence electrons. The number of fused-ring (bicyclic) bond motifs is 1. The van der Waals surface area contributed by atoms with E-state index in [-0.39, 0.29) is 17.6 Å². The lowest BCUT2D eigenvalue weighted by atomic mass is 9.87. The van der Waals surface area contributed by atoms with Crippen molar-refractivity contribution in [2.45, 2.75) is 19.4 Å². The highest BCUT2D eigenvalue weighted by molar-refractivity contribution is 5.93. The van der Waals surface area contributed by atoms with Crippen molar-refractivity contribution in [1.29, 1.82) is 0 Å². The first-order chi connectivity index (χ1) is 14.2. The van der Waals surface area contributed by atoms with Gasteiger partial charge >= 0.3 is 0 Å². The lowest BCUT2D eigenvalue weighted by Gasteiger charge is -2.37. The molecular weight excluding hydrogens is 364 g/mol. The van der Waals surface area contributed by atoms with Gasteiger partial charge in [-0.3, -0.25) is 4.79 Å². The molecule has 5 nitrogen and oxygen atoms in total. The van der Waals surface area contributed by atoms with Crippen molar-refractivity contribution in [3.63, 3.8) is 0 Å². The van der Waals surface area contributed by atoms with Gasteiger partial charge in [0.1, 0.15) is 0 Å². The molecule has 2 aromatic heterocycles. The third-order valence-electron chi connectivity index (χ3n) is 5.40. The van der Waals surface area contributed by atoms with E-state index in [4.69, 9.17) is 8.94 Å². The Bertz CT molecular complexity index is 1150. The molecule has 0 saturated carbocycles. The van der Waals surface area contributed by atoms with Crippen LogP contribution in [-0.4, -0.2) is 22.5 Å². The number of aryl methyl sites for hydroxylation is 1. The van der Waals surface area contributed by atoms with Crippen LogP contribution in [0.2, 0.25) is 0 Å². The van der Waals surface area contributed by atoms with Gasteiger partial charge in [-0.25, -0.2) is 0 Å². The molecule has 0 aliphatic carbocycles. The van der Waals surface area contributed by atoms with Crippen molar-refractivity contribution in [3.8, 4) is 11.5 Å². The highest BCUT2D eigenvalue weighted by Gasteiger charge is 2.34. The molecule has 1 aliphatic rings. The van der Waals surface area contributed by atoms with Gasteiger partial charge in [0.15, 0.2) is 11.5 Å². The summed E-state index contributed by atoms with van der Waals surface area (Å²) >= 11 is 0. The molecule has 1 atom stereocenters. The molecular formula is C24H20N2O3. The van der Waals surface area contributed by atoms with Crippen molar-refractivity contribution in [2.75, 3.05) is 6.54 Å². The number of benzene rings is 2. The zero-order valence-corrected chi connectivity index (χ0v) is 16.0. The molecule has 0 N–H and O–H groups in total. The van der Waals surface area contributed by atoms with Gasteiger partial charge in [-0.15, -0.1) is 0 Å². The van der Waals surface area contributed by atoms with E-state index in [1.54, 1.807) is 24.5 Å². The van der Waals surface area contributed by atoms with Crippen molar-refractivity contribution >= 4 is 5.91 Å². The SMILES string of the molecule is Cc1ccc2c(c1)CCN(C(=O)c1cc(-c3ccco3)on1)C2c1ccccc1. The summed E-state index contributed by atoms with van der Waals surface area (Å²) in [5.74, 6) is 0.852.